The first-order valence-corrected chi connectivity index (χ1v) is 7.81. The van der Waals surface area contributed by atoms with Crippen LogP contribution in [0.25, 0.3) is 11.0 Å². The van der Waals surface area contributed by atoms with E-state index in [2.05, 4.69) is 15.4 Å². The number of rotatable bonds is 4. The highest BCUT2D eigenvalue weighted by molar-refractivity contribution is 5.98. The maximum atomic E-state index is 13.0. The Morgan fingerprint density at radius 2 is 1.96 bits per heavy atom. The normalized spacial score (nSPS) is 11.6. The highest BCUT2D eigenvalue weighted by atomic mass is 19.1. The summed E-state index contributed by atoms with van der Waals surface area (Å²) in [5.41, 5.74) is 1.00. The summed E-state index contributed by atoms with van der Waals surface area (Å²) in [5, 5.41) is 7.99. The molecule has 2 heterocycles. The topological polar surface area (TPSA) is 69.0 Å². The molecule has 130 valence electrons. The average Bonchev–Trinajstić information content (AvgIpc) is 2.83. The zero-order chi connectivity index (χ0) is 18.2. The van der Waals surface area contributed by atoms with Crippen molar-refractivity contribution in [3.05, 3.63) is 48.0 Å². The van der Waals surface area contributed by atoms with E-state index >= 15 is 0 Å². The Kier molecular flexibility index (Phi) is 4.16. The molecule has 0 saturated heterocycles. The van der Waals surface area contributed by atoms with Crippen LogP contribution in [0, 0.1) is 12.7 Å². The second-order valence-corrected chi connectivity index (χ2v) is 6.32. The maximum Gasteiger partial charge on any atom is 0.268 e. The fourth-order valence-electron chi connectivity index (χ4n) is 2.50. The maximum absolute atomic E-state index is 13.0. The minimum atomic E-state index is -1.14. The first kappa shape index (κ1) is 16.9. The van der Waals surface area contributed by atoms with Crippen molar-refractivity contribution in [3.63, 3.8) is 0 Å². The lowest BCUT2D eigenvalue weighted by molar-refractivity contribution is -0.128. The number of benzene rings is 1. The predicted molar refractivity (Wildman–Crippen MR) is 93.0 cm³/mol. The van der Waals surface area contributed by atoms with E-state index in [4.69, 9.17) is 4.74 Å². The first-order valence-electron chi connectivity index (χ1n) is 7.81. The third-order valence-electron chi connectivity index (χ3n) is 3.85. The van der Waals surface area contributed by atoms with Crippen molar-refractivity contribution in [1.29, 1.82) is 0 Å². The van der Waals surface area contributed by atoms with Gasteiger partial charge in [0.1, 0.15) is 11.6 Å². The molecule has 1 amide bonds. The summed E-state index contributed by atoms with van der Waals surface area (Å²) in [5.74, 6) is -0.279. The molecule has 0 bridgehead atoms. The summed E-state index contributed by atoms with van der Waals surface area (Å²) in [4.78, 5) is 16.9. The fourth-order valence-corrected chi connectivity index (χ4v) is 2.50. The molecule has 0 unspecified atom stereocenters. The van der Waals surface area contributed by atoms with Crippen LogP contribution in [0.4, 0.5) is 10.1 Å². The van der Waals surface area contributed by atoms with E-state index in [9.17, 15) is 9.18 Å². The standard InChI is InChI=1S/C18H19FN4O2/c1-11-15-9-13(10-20-16(15)23(4)22-11)21-17(24)18(2,3)25-14-7-5-12(19)6-8-14/h5-10H,1-4H3,(H,21,24). The number of hydrogen-bond donors (Lipinski definition) is 1. The van der Waals surface area contributed by atoms with Gasteiger partial charge in [-0.1, -0.05) is 0 Å². The summed E-state index contributed by atoms with van der Waals surface area (Å²) in [6.07, 6.45) is 1.58. The van der Waals surface area contributed by atoms with Crippen molar-refractivity contribution in [2.75, 3.05) is 5.32 Å². The van der Waals surface area contributed by atoms with E-state index in [0.29, 0.717) is 11.4 Å². The largest absolute Gasteiger partial charge is 0.478 e. The van der Waals surface area contributed by atoms with E-state index in [1.807, 2.05) is 20.0 Å². The SMILES string of the molecule is Cc1nn(C)c2ncc(NC(=O)C(C)(C)Oc3ccc(F)cc3)cc12. The molecule has 0 aliphatic heterocycles. The summed E-state index contributed by atoms with van der Waals surface area (Å²) < 4.78 is 20.4. The van der Waals surface area contributed by atoms with Crippen LogP contribution in [0.15, 0.2) is 36.5 Å². The Morgan fingerprint density at radius 1 is 1.28 bits per heavy atom. The van der Waals surface area contributed by atoms with E-state index in [1.165, 1.54) is 24.3 Å². The van der Waals surface area contributed by atoms with Gasteiger partial charge in [-0.25, -0.2) is 9.37 Å². The van der Waals surface area contributed by atoms with E-state index in [0.717, 1.165) is 16.7 Å². The number of amides is 1. The van der Waals surface area contributed by atoms with Gasteiger partial charge in [0, 0.05) is 12.4 Å². The van der Waals surface area contributed by atoms with Crippen LogP contribution in [0.1, 0.15) is 19.5 Å². The van der Waals surface area contributed by atoms with Crippen molar-refractivity contribution in [3.8, 4) is 5.75 Å². The third kappa shape index (κ3) is 3.45. The molecule has 1 N–H and O–H groups in total. The average molecular weight is 342 g/mol. The number of anilines is 1. The van der Waals surface area contributed by atoms with Gasteiger partial charge in [-0.15, -0.1) is 0 Å². The number of hydrogen-bond acceptors (Lipinski definition) is 4. The summed E-state index contributed by atoms with van der Waals surface area (Å²) in [6.45, 7) is 5.18. The minimum absolute atomic E-state index is 0.334. The molecule has 0 aliphatic rings. The quantitative estimate of drug-likeness (QED) is 0.790. The Labute approximate surface area is 144 Å². The van der Waals surface area contributed by atoms with Crippen molar-refractivity contribution < 1.29 is 13.9 Å². The molecule has 3 aromatic rings. The molecule has 0 aliphatic carbocycles. The number of pyridine rings is 1. The van der Waals surface area contributed by atoms with Crippen LogP contribution in [-0.2, 0) is 11.8 Å². The van der Waals surface area contributed by atoms with Crippen LogP contribution < -0.4 is 10.1 Å². The molecule has 0 fully saturated rings. The van der Waals surface area contributed by atoms with Crippen molar-refractivity contribution in [2.24, 2.45) is 7.05 Å². The van der Waals surface area contributed by atoms with Gasteiger partial charge in [0.25, 0.3) is 5.91 Å². The van der Waals surface area contributed by atoms with Gasteiger partial charge < -0.3 is 10.1 Å². The summed E-state index contributed by atoms with van der Waals surface area (Å²) in [6, 6.07) is 7.36. The Morgan fingerprint density at radius 3 is 2.64 bits per heavy atom. The number of carbonyl (C=O) groups excluding carboxylic acids is 1. The van der Waals surface area contributed by atoms with Gasteiger partial charge in [0.2, 0.25) is 0 Å². The van der Waals surface area contributed by atoms with Gasteiger partial charge in [-0.3, -0.25) is 9.48 Å². The van der Waals surface area contributed by atoms with Crippen molar-refractivity contribution >= 4 is 22.6 Å². The number of aryl methyl sites for hydroxylation is 2. The summed E-state index contributed by atoms with van der Waals surface area (Å²) in [7, 11) is 1.82. The molecule has 6 nitrogen and oxygen atoms in total. The number of aromatic nitrogens is 3. The second-order valence-electron chi connectivity index (χ2n) is 6.32. The highest BCUT2D eigenvalue weighted by Crippen LogP contribution is 2.23. The van der Waals surface area contributed by atoms with Crippen LogP contribution in [0.5, 0.6) is 5.75 Å². The minimum Gasteiger partial charge on any atom is -0.478 e. The van der Waals surface area contributed by atoms with Crippen LogP contribution >= 0.6 is 0 Å². The lowest BCUT2D eigenvalue weighted by Gasteiger charge is -2.25. The molecule has 0 radical (unpaired) electrons. The van der Waals surface area contributed by atoms with Gasteiger partial charge in [0.15, 0.2) is 11.2 Å². The number of nitrogens with zero attached hydrogens (tertiary/aromatic N) is 3. The Balaban J connectivity index is 1.78. The molecule has 0 atom stereocenters. The monoisotopic (exact) mass is 342 g/mol. The lowest BCUT2D eigenvalue weighted by Crippen LogP contribution is -2.42. The Hall–Kier alpha value is -2.96. The van der Waals surface area contributed by atoms with Crippen LogP contribution in [-0.4, -0.2) is 26.3 Å². The molecular weight excluding hydrogens is 323 g/mol. The van der Waals surface area contributed by atoms with Gasteiger partial charge in [0.05, 0.1) is 17.6 Å². The predicted octanol–water partition coefficient (Wildman–Crippen LogP) is 3.21. The van der Waals surface area contributed by atoms with E-state index in [1.54, 1.807) is 24.7 Å². The molecule has 0 spiro atoms. The number of halogens is 1. The zero-order valence-electron chi connectivity index (χ0n) is 14.5. The van der Waals surface area contributed by atoms with Gasteiger partial charge >= 0.3 is 0 Å². The van der Waals surface area contributed by atoms with Gasteiger partial charge in [-0.2, -0.15) is 5.10 Å². The second kappa shape index (κ2) is 6.16. The fraction of sp³-hybridized carbons (Fsp3) is 0.278. The first-order chi connectivity index (χ1) is 11.8. The number of fused-ring (bicyclic) bond motifs is 1. The molecule has 25 heavy (non-hydrogen) atoms. The van der Waals surface area contributed by atoms with Gasteiger partial charge in [-0.05, 0) is 51.1 Å². The van der Waals surface area contributed by atoms with E-state index in [-0.39, 0.29) is 11.7 Å². The van der Waals surface area contributed by atoms with Crippen LogP contribution in [0.3, 0.4) is 0 Å². The molecule has 2 aromatic heterocycles. The van der Waals surface area contributed by atoms with E-state index < -0.39 is 5.60 Å². The smallest absolute Gasteiger partial charge is 0.268 e. The Bertz CT molecular complexity index is 932. The van der Waals surface area contributed by atoms with Crippen molar-refractivity contribution in [1.82, 2.24) is 14.8 Å². The number of nitrogens with one attached hydrogen (secondary N) is 1. The van der Waals surface area contributed by atoms with Crippen LogP contribution in [0.2, 0.25) is 0 Å². The molecule has 3 rings (SSSR count). The third-order valence-corrected chi connectivity index (χ3v) is 3.85. The molecular formula is C18H19FN4O2. The highest BCUT2D eigenvalue weighted by Gasteiger charge is 2.30. The zero-order valence-corrected chi connectivity index (χ0v) is 14.5. The number of ether oxygens (including phenoxy) is 1. The number of carbonyl (C=O) groups is 1. The molecule has 7 heteroatoms. The lowest BCUT2D eigenvalue weighted by atomic mass is 10.1. The molecule has 0 saturated carbocycles. The molecule has 1 aromatic carbocycles. The van der Waals surface area contributed by atoms with Crippen molar-refractivity contribution in [2.45, 2.75) is 26.4 Å². The summed E-state index contributed by atoms with van der Waals surface area (Å²) >= 11 is 0.